The lowest BCUT2D eigenvalue weighted by molar-refractivity contribution is -0.0348. The Morgan fingerprint density at radius 2 is 0.764 bits per heavy atom. The van der Waals surface area contributed by atoms with E-state index in [1.54, 1.807) is 0 Å². The molecule has 2 aliphatic rings. The van der Waals surface area contributed by atoms with Crippen LogP contribution in [0.15, 0.2) is 48.5 Å². The van der Waals surface area contributed by atoms with Crippen LogP contribution in [-0.2, 0) is 33.7 Å². The van der Waals surface area contributed by atoms with E-state index in [0.717, 1.165) is 90.3 Å². The zero-order valence-corrected chi connectivity index (χ0v) is 35.1. The number of benzene rings is 4. The van der Waals surface area contributed by atoms with Gasteiger partial charge in [-0.15, -0.1) is 0 Å². The van der Waals surface area contributed by atoms with Crippen molar-refractivity contribution in [1.29, 1.82) is 0 Å². The van der Waals surface area contributed by atoms with Crippen molar-refractivity contribution >= 4 is 23.0 Å². The minimum absolute atomic E-state index is 0.0972. The summed E-state index contributed by atoms with van der Waals surface area (Å²) in [6.45, 7) is 10.9. The van der Waals surface area contributed by atoms with Crippen molar-refractivity contribution in [2.75, 3.05) is 0 Å². The average Bonchev–Trinajstić information content (AvgIpc) is 3.19. The Bertz CT molecular complexity index is 1970. The highest BCUT2D eigenvalue weighted by atomic mass is 127. The summed E-state index contributed by atoms with van der Waals surface area (Å²) in [5, 5.41) is 73.6. The van der Waals surface area contributed by atoms with E-state index in [1.165, 1.54) is 0 Å². The lowest BCUT2D eigenvalue weighted by Gasteiger charge is -2.51. The van der Waals surface area contributed by atoms with Crippen molar-refractivity contribution in [1.82, 2.24) is 0 Å². The van der Waals surface area contributed by atoms with Gasteiger partial charge in [-0.3, -0.25) is 0 Å². The van der Waals surface area contributed by atoms with Gasteiger partial charge in [0.25, 0.3) is 0 Å². The molecule has 55 heavy (non-hydrogen) atoms. The van der Waals surface area contributed by atoms with Crippen LogP contribution in [0.4, 0.5) is 0 Å². The first-order valence-electron chi connectivity index (χ1n) is 19.5. The predicted octanol–water partition coefficient (Wildman–Crippen LogP) is 9.31. The molecule has 0 spiro atoms. The average molecular weight is 865 g/mol. The van der Waals surface area contributed by atoms with Crippen LogP contribution in [-0.4, -0.2) is 41.3 Å². The molecule has 1 atom stereocenters. The number of rotatable bonds is 10. The van der Waals surface area contributed by atoms with Crippen LogP contribution in [0, 0.1) is 46.5 Å². The number of hydrogen-bond acceptors (Lipinski definition) is 8. The lowest BCUT2D eigenvalue weighted by atomic mass is 9.55. The standard InChI is InChI=1S/C46H57IO8/c1-26-15-36(16-27(2)40(26)51)45(37-17-28(3)41(52)31(20-37)23-48)11-7-34(8-12-45)44(6,55-47)35-9-13-46(14-10-35,38-18-29(4)42(53)32(21-38)24-49)39-19-30(5)43(54)33(22-39)25-50/h15-22,34-35,48-54H,7-14,23-25H2,1-6H3. The van der Waals surface area contributed by atoms with Crippen LogP contribution in [0.2, 0.25) is 0 Å². The molecule has 0 radical (unpaired) electrons. The maximum absolute atomic E-state index is 10.8. The van der Waals surface area contributed by atoms with Gasteiger partial charge in [0, 0.05) is 27.5 Å². The second-order valence-corrected chi connectivity index (χ2v) is 17.2. The fraction of sp³-hybridized carbons (Fsp3) is 0.478. The molecule has 9 heteroatoms. The van der Waals surface area contributed by atoms with E-state index in [1.807, 2.05) is 65.0 Å². The normalized spacial score (nSPS) is 21.4. The van der Waals surface area contributed by atoms with Crippen LogP contribution in [0.3, 0.4) is 0 Å². The Balaban J connectivity index is 1.35. The molecule has 0 saturated heterocycles. The molecule has 4 aromatic carbocycles. The second kappa shape index (κ2) is 15.9. The molecule has 0 bridgehead atoms. The lowest BCUT2D eigenvalue weighted by Crippen LogP contribution is -2.49. The molecular formula is C46H57IO8. The minimum Gasteiger partial charge on any atom is -0.507 e. The molecule has 0 aliphatic heterocycles. The van der Waals surface area contributed by atoms with E-state index in [0.29, 0.717) is 33.6 Å². The van der Waals surface area contributed by atoms with Crippen molar-refractivity contribution in [3.8, 4) is 23.0 Å². The molecule has 296 valence electrons. The molecular weight excluding hydrogens is 807 g/mol. The maximum atomic E-state index is 10.8. The summed E-state index contributed by atoms with van der Waals surface area (Å²) in [6.07, 6.45) is 6.71. The van der Waals surface area contributed by atoms with Gasteiger partial charge in [-0.05, 0) is 173 Å². The number of hydrogen-bond donors (Lipinski definition) is 7. The fourth-order valence-corrected chi connectivity index (χ4v) is 11.0. The summed E-state index contributed by atoms with van der Waals surface area (Å²) in [7, 11) is 0. The van der Waals surface area contributed by atoms with Crippen molar-refractivity contribution in [2.24, 2.45) is 11.8 Å². The van der Waals surface area contributed by atoms with Gasteiger partial charge >= 0.3 is 0 Å². The summed E-state index contributed by atoms with van der Waals surface area (Å²) < 4.78 is 6.58. The minimum atomic E-state index is -0.481. The Hall–Kier alpha value is -3.35. The maximum Gasteiger partial charge on any atom is 0.124 e. The van der Waals surface area contributed by atoms with Crippen molar-refractivity contribution < 1.29 is 38.8 Å². The van der Waals surface area contributed by atoms with Gasteiger partial charge in [-0.25, -0.2) is 0 Å². The van der Waals surface area contributed by atoms with Gasteiger partial charge in [0.15, 0.2) is 0 Å². The third-order valence-electron chi connectivity index (χ3n) is 13.8. The largest absolute Gasteiger partial charge is 0.507 e. The second-order valence-electron chi connectivity index (χ2n) is 16.8. The first-order chi connectivity index (χ1) is 26.1. The van der Waals surface area contributed by atoms with Crippen LogP contribution >= 0.6 is 23.0 Å². The Labute approximate surface area is 339 Å². The fourth-order valence-electron chi connectivity index (χ4n) is 10.3. The monoisotopic (exact) mass is 864 g/mol. The van der Waals surface area contributed by atoms with Crippen molar-refractivity contribution in [2.45, 2.75) is 129 Å². The number of phenols is 4. The number of phenolic OH excluding ortho intramolecular Hbond substituents is 1. The summed E-state index contributed by atoms with van der Waals surface area (Å²) in [5.74, 6) is 1.10. The molecule has 0 amide bonds. The van der Waals surface area contributed by atoms with Gasteiger partial charge in [-0.2, -0.15) is 0 Å². The van der Waals surface area contributed by atoms with Crippen LogP contribution in [0.1, 0.15) is 125 Å². The van der Waals surface area contributed by atoms with E-state index >= 15 is 0 Å². The summed E-state index contributed by atoms with van der Waals surface area (Å²) >= 11 is 2.10. The summed E-state index contributed by atoms with van der Waals surface area (Å²) in [5.41, 5.74) is 8.13. The van der Waals surface area contributed by atoms with E-state index < -0.39 is 16.4 Å². The SMILES string of the molecule is Cc1cc(C2(c3cc(C)c(O)c(CO)c3)CCC(C(C)(OI)C3CCC(c4cc(C)c(O)c(CO)c4)(c4cc(C)c(O)c(CO)c4)CC3)CC2)cc(C)c1O. The molecule has 0 heterocycles. The van der Waals surface area contributed by atoms with E-state index in [-0.39, 0.29) is 48.9 Å². The quantitative estimate of drug-likeness (QED) is 0.0780. The van der Waals surface area contributed by atoms with Crippen LogP contribution < -0.4 is 0 Å². The van der Waals surface area contributed by atoms with Gasteiger partial charge in [0.05, 0.1) is 25.4 Å². The van der Waals surface area contributed by atoms with Gasteiger partial charge < -0.3 is 38.8 Å². The first kappa shape index (κ1) is 41.3. The molecule has 7 N–H and O–H groups in total. The Morgan fingerprint density at radius 1 is 0.509 bits per heavy atom. The van der Waals surface area contributed by atoms with E-state index in [9.17, 15) is 35.7 Å². The number of aliphatic hydroxyl groups is 3. The van der Waals surface area contributed by atoms with Crippen molar-refractivity contribution in [3.05, 3.63) is 115 Å². The van der Waals surface area contributed by atoms with Gasteiger partial charge in [0.2, 0.25) is 0 Å². The molecule has 2 aliphatic carbocycles. The first-order valence-corrected chi connectivity index (χ1v) is 20.4. The van der Waals surface area contributed by atoms with Crippen molar-refractivity contribution in [3.63, 3.8) is 0 Å². The summed E-state index contributed by atoms with van der Waals surface area (Å²) in [4.78, 5) is 0. The number of aromatic hydroxyl groups is 4. The molecule has 6 rings (SSSR count). The van der Waals surface area contributed by atoms with Crippen LogP contribution in [0.25, 0.3) is 0 Å². The van der Waals surface area contributed by atoms with Gasteiger partial charge in [0.1, 0.15) is 46.0 Å². The Kier molecular flexibility index (Phi) is 11.9. The highest BCUT2D eigenvalue weighted by Gasteiger charge is 2.51. The predicted molar refractivity (Wildman–Crippen MR) is 223 cm³/mol. The highest BCUT2D eigenvalue weighted by Crippen LogP contribution is 2.57. The zero-order valence-electron chi connectivity index (χ0n) is 33.0. The molecule has 1 unspecified atom stereocenters. The van der Waals surface area contributed by atoms with Gasteiger partial charge in [-0.1, -0.05) is 30.3 Å². The smallest absolute Gasteiger partial charge is 0.124 e. The van der Waals surface area contributed by atoms with E-state index in [2.05, 4.69) is 48.1 Å². The molecule has 2 fully saturated rings. The third-order valence-corrected chi connectivity index (χ3v) is 14.8. The topological polar surface area (TPSA) is 151 Å². The zero-order chi connectivity index (χ0) is 40.0. The highest BCUT2D eigenvalue weighted by molar-refractivity contribution is 14.1. The molecule has 4 aromatic rings. The molecule has 0 aromatic heterocycles. The number of aliphatic hydroxyl groups excluding tert-OH is 3. The molecule has 2 saturated carbocycles. The number of aryl methyl sites for hydroxylation is 5. The Morgan fingerprint density at radius 3 is 1.02 bits per heavy atom. The molecule has 8 nitrogen and oxygen atoms in total. The number of halogens is 1. The van der Waals surface area contributed by atoms with E-state index in [4.69, 9.17) is 3.07 Å². The summed E-state index contributed by atoms with van der Waals surface area (Å²) in [6, 6.07) is 16.1. The third kappa shape index (κ3) is 7.13. The van der Waals surface area contributed by atoms with Crippen LogP contribution in [0.5, 0.6) is 23.0 Å².